The Bertz CT molecular complexity index is 685. The lowest BCUT2D eigenvalue weighted by Crippen LogP contribution is -2.59. The number of carbonyl (C=O) groups is 2. The molecule has 4 aliphatic carbocycles. The third kappa shape index (κ3) is 2.08. The molecule has 138 valence electrons. The van der Waals surface area contributed by atoms with Gasteiger partial charge in [0, 0.05) is 29.6 Å². The van der Waals surface area contributed by atoms with Crippen molar-refractivity contribution in [1.82, 2.24) is 0 Å². The lowest BCUT2D eigenvalue weighted by atomic mass is 9.46. The maximum Gasteiger partial charge on any atom is 0.174 e. The van der Waals surface area contributed by atoms with Crippen LogP contribution in [0.5, 0.6) is 0 Å². The minimum Gasteiger partial charge on any atom is -0.393 e. The van der Waals surface area contributed by atoms with Gasteiger partial charge < -0.3 is 10.2 Å². The van der Waals surface area contributed by atoms with Gasteiger partial charge in [-0.1, -0.05) is 25.4 Å². The van der Waals surface area contributed by atoms with Crippen LogP contribution in [0, 0.1) is 28.6 Å². The number of hydrogen-bond donors (Lipinski definition) is 2. The first kappa shape index (κ1) is 17.7. The van der Waals surface area contributed by atoms with Crippen molar-refractivity contribution in [3.8, 4) is 0 Å². The second kappa shape index (κ2) is 5.40. The van der Waals surface area contributed by atoms with E-state index >= 15 is 0 Å². The molecule has 4 rings (SSSR count). The molecule has 0 bridgehead atoms. The minimum atomic E-state index is -1.16. The van der Waals surface area contributed by atoms with Crippen LogP contribution in [0.1, 0.15) is 58.8 Å². The van der Waals surface area contributed by atoms with Crippen molar-refractivity contribution in [1.29, 1.82) is 0 Å². The first-order chi connectivity index (χ1) is 11.7. The third-order valence-electron chi connectivity index (χ3n) is 8.33. The molecule has 3 saturated carbocycles. The van der Waals surface area contributed by atoms with Crippen LogP contribution >= 0.6 is 11.6 Å². The van der Waals surface area contributed by atoms with E-state index in [0.29, 0.717) is 30.7 Å². The van der Waals surface area contributed by atoms with Crippen LogP contribution in [0.15, 0.2) is 10.6 Å². The summed E-state index contributed by atoms with van der Waals surface area (Å²) in [4.78, 5) is 25.3. The number of hydrogen-bond acceptors (Lipinski definition) is 4. The standard InChI is InChI=1S/C20H27ClO4/c1-18-7-6-14(23)17(21)13(18)4-3-11-12-5-8-20(25,10-22)19(12,2)9-15(24)16(11)18/h11-12,16,22,25H,3-10H2,1-2H3/t11-,12-,16+,18-,19-,20+/m0/s1. The highest BCUT2D eigenvalue weighted by molar-refractivity contribution is 6.43. The molecule has 4 aliphatic rings. The van der Waals surface area contributed by atoms with Crippen LogP contribution in [0.2, 0.25) is 0 Å². The monoisotopic (exact) mass is 366 g/mol. The van der Waals surface area contributed by atoms with E-state index in [4.69, 9.17) is 11.6 Å². The fraction of sp³-hybridized carbons (Fsp3) is 0.800. The topological polar surface area (TPSA) is 74.6 Å². The van der Waals surface area contributed by atoms with E-state index in [2.05, 4.69) is 6.92 Å². The summed E-state index contributed by atoms with van der Waals surface area (Å²) in [6.45, 7) is 3.81. The summed E-state index contributed by atoms with van der Waals surface area (Å²) in [6.07, 6.45) is 4.43. The molecule has 0 aromatic carbocycles. The SMILES string of the molecule is C[C@]12CCC(=O)C(Cl)=C1CC[C@@H]1[C@@H]2C(=O)C[C@@]2(C)[C@H]1CC[C@@]2(O)CO. The van der Waals surface area contributed by atoms with Crippen LogP contribution in [-0.4, -0.2) is 34.0 Å². The lowest BCUT2D eigenvalue weighted by Gasteiger charge is -2.58. The number of allylic oxidation sites excluding steroid dienone is 1. The fourth-order valence-corrected chi connectivity index (χ4v) is 7.23. The van der Waals surface area contributed by atoms with E-state index < -0.39 is 11.0 Å². The number of halogens is 1. The van der Waals surface area contributed by atoms with E-state index in [9.17, 15) is 19.8 Å². The molecule has 2 N–H and O–H groups in total. The first-order valence-electron chi connectivity index (χ1n) is 9.46. The maximum atomic E-state index is 13.3. The van der Waals surface area contributed by atoms with Gasteiger partial charge in [0.2, 0.25) is 0 Å². The number of carbonyl (C=O) groups excluding carboxylic acids is 2. The molecule has 0 spiro atoms. The maximum absolute atomic E-state index is 13.3. The first-order valence-corrected chi connectivity index (χ1v) is 9.84. The van der Waals surface area contributed by atoms with Gasteiger partial charge in [0.05, 0.1) is 17.2 Å². The van der Waals surface area contributed by atoms with Gasteiger partial charge in [-0.3, -0.25) is 9.59 Å². The van der Waals surface area contributed by atoms with E-state index in [0.717, 1.165) is 24.8 Å². The third-order valence-corrected chi connectivity index (χ3v) is 8.77. The van der Waals surface area contributed by atoms with E-state index in [1.54, 1.807) is 0 Å². The van der Waals surface area contributed by atoms with Gasteiger partial charge in [-0.05, 0) is 49.5 Å². The molecule has 0 aromatic rings. The highest BCUT2D eigenvalue weighted by atomic mass is 35.5. The molecule has 0 aromatic heterocycles. The number of ketones is 2. The van der Waals surface area contributed by atoms with Crippen molar-refractivity contribution in [2.45, 2.75) is 64.4 Å². The van der Waals surface area contributed by atoms with Crippen LogP contribution in [0.3, 0.4) is 0 Å². The minimum absolute atomic E-state index is 0.0104. The molecule has 25 heavy (non-hydrogen) atoms. The molecule has 5 heteroatoms. The summed E-state index contributed by atoms with van der Waals surface area (Å²) in [5.74, 6) is 0.518. The van der Waals surface area contributed by atoms with Crippen molar-refractivity contribution >= 4 is 23.2 Å². The second-order valence-corrected chi connectivity index (χ2v) is 9.59. The molecule has 0 amide bonds. The Morgan fingerprint density at radius 3 is 2.56 bits per heavy atom. The van der Waals surface area contributed by atoms with Crippen molar-refractivity contribution in [3.05, 3.63) is 10.6 Å². The van der Waals surface area contributed by atoms with Crippen LogP contribution in [0.4, 0.5) is 0 Å². The zero-order valence-electron chi connectivity index (χ0n) is 15.0. The van der Waals surface area contributed by atoms with Crippen LogP contribution in [0.25, 0.3) is 0 Å². The Morgan fingerprint density at radius 2 is 1.88 bits per heavy atom. The summed E-state index contributed by atoms with van der Waals surface area (Å²) in [5.41, 5.74) is -1.05. The van der Waals surface area contributed by atoms with Crippen molar-refractivity contribution in [2.24, 2.45) is 28.6 Å². The van der Waals surface area contributed by atoms with Crippen LogP contribution < -0.4 is 0 Å². The average Bonchev–Trinajstić information content (AvgIpc) is 2.83. The summed E-state index contributed by atoms with van der Waals surface area (Å²) in [6, 6.07) is 0. The quantitative estimate of drug-likeness (QED) is 0.748. The summed E-state index contributed by atoms with van der Waals surface area (Å²) >= 11 is 6.36. The zero-order valence-corrected chi connectivity index (χ0v) is 15.7. The Hall–Kier alpha value is -0.710. The van der Waals surface area contributed by atoms with Gasteiger partial charge in [-0.15, -0.1) is 0 Å². The molecule has 3 fully saturated rings. The van der Waals surface area contributed by atoms with Gasteiger partial charge >= 0.3 is 0 Å². The number of aliphatic hydroxyl groups is 2. The molecule has 6 atom stereocenters. The van der Waals surface area contributed by atoms with Gasteiger partial charge in [0.15, 0.2) is 5.78 Å². The van der Waals surface area contributed by atoms with E-state index in [1.165, 1.54) is 0 Å². The predicted molar refractivity (Wildman–Crippen MR) is 93.9 cm³/mol. The summed E-state index contributed by atoms with van der Waals surface area (Å²) in [5, 5.41) is 21.1. The van der Waals surface area contributed by atoms with Crippen LogP contribution in [-0.2, 0) is 9.59 Å². The number of aliphatic hydroxyl groups excluding tert-OH is 1. The Morgan fingerprint density at radius 1 is 1.16 bits per heavy atom. The van der Waals surface area contributed by atoms with Crippen molar-refractivity contribution < 1.29 is 19.8 Å². The summed E-state index contributed by atoms with van der Waals surface area (Å²) in [7, 11) is 0. The van der Waals surface area contributed by atoms with E-state index in [1.807, 2.05) is 6.92 Å². The zero-order chi connectivity index (χ0) is 18.2. The largest absolute Gasteiger partial charge is 0.393 e. The molecular formula is C20H27ClO4. The Balaban J connectivity index is 1.78. The molecule has 0 heterocycles. The predicted octanol–water partition coefficient (Wildman–Crippen LogP) is 2.99. The molecule has 0 unspecified atom stereocenters. The second-order valence-electron chi connectivity index (χ2n) is 9.21. The highest BCUT2D eigenvalue weighted by Gasteiger charge is 2.66. The van der Waals surface area contributed by atoms with E-state index in [-0.39, 0.29) is 41.3 Å². The Kier molecular flexibility index (Phi) is 3.82. The number of Topliss-reactive ketones (excluding diaryl/α,β-unsaturated/α-hetero) is 2. The smallest absolute Gasteiger partial charge is 0.174 e. The number of fused-ring (bicyclic) bond motifs is 5. The molecule has 4 nitrogen and oxygen atoms in total. The molecule has 0 saturated heterocycles. The number of rotatable bonds is 1. The summed E-state index contributed by atoms with van der Waals surface area (Å²) < 4.78 is 0. The van der Waals surface area contributed by atoms with Gasteiger partial charge in [-0.2, -0.15) is 0 Å². The van der Waals surface area contributed by atoms with Gasteiger partial charge in [0.25, 0.3) is 0 Å². The van der Waals surface area contributed by atoms with Crippen molar-refractivity contribution in [2.75, 3.05) is 6.61 Å². The molecule has 0 aliphatic heterocycles. The highest BCUT2D eigenvalue weighted by Crippen LogP contribution is 2.66. The average molecular weight is 367 g/mol. The fourth-order valence-electron chi connectivity index (χ4n) is 6.83. The normalized spacial score (nSPS) is 49.7. The molecular weight excluding hydrogens is 340 g/mol. The van der Waals surface area contributed by atoms with Gasteiger partial charge in [-0.25, -0.2) is 0 Å². The lowest BCUT2D eigenvalue weighted by molar-refractivity contribution is -0.165. The molecule has 0 radical (unpaired) electrons. The Labute approximate surface area is 153 Å². The van der Waals surface area contributed by atoms with Crippen molar-refractivity contribution in [3.63, 3.8) is 0 Å². The van der Waals surface area contributed by atoms with Gasteiger partial charge in [0.1, 0.15) is 5.78 Å².